The lowest BCUT2D eigenvalue weighted by Crippen LogP contribution is -2.35. The number of benzene rings is 1. The molecule has 2 N–H and O–H groups in total. The van der Waals surface area contributed by atoms with Crippen LogP contribution >= 0.6 is 0 Å². The Labute approximate surface area is 129 Å². The maximum atomic E-state index is 11.8. The van der Waals surface area contributed by atoms with Crippen molar-refractivity contribution in [3.63, 3.8) is 0 Å². The van der Waals surface area contributed by atoms with Crippen LogP contribution in [0.1, 0.15) is 18.1 Å². The summed E-state index contributed by atoms with van der Waals surface area (Å²) >= 11 is 0. The number of allylic oxidation sites excluding steroid dienone is 1. The molecule has 118 valence electrons. The Kier molecular flexibility index (Phi) is 6.82. The fraction of sp³-hybridized carbons (Fsp3) is 0.312. The van der Waals surface area contributed by atoms with Crippen molar-refractivity contribution in [2.24, 2.45) is 0 Å². The highest BCUT2D eigenvalue weighted by molar-refractivity contribution is 5.96. The van der Waals surface area contributed by atoms with Crippen LogP contribution in [0.2, 0.25) is 0 Å². The molecule has 0 bridgehead atoms. The lowest BCUT2D eigenvalue weighted by atomic mass is 10.1. The third-order valence-electron chi connectivity index (χ3n) is 2.84. The van der Waals surface area contributed by atoms with E-state index in [1.807, 2.05) is 32.0 Å². The molecule has 0 spiro atoms. The zero-order valence-electron chi connectivity index (χ0n) is 12.9. The normalized spacial score (nSPS) is 10.3. The summed E-state index contributed by atoms with van der Waals surface area (Å²) in [6.07, 6.45) is 2.72. The highest BCUT2D eigenvalue weighted by Crippen LogP contribution is 2.18. The molecule has 1 aromatic carbocycles. The Bertz CT molecular complexity index is 574. The van der Waals surface area contributed by atoms with E-state index in [-0.39, 0.29) is 12.5 Å². The molecule has 0 saturated carbocycles. The van der Waals surface area contributed by atoms with Gasteiger partial charge in [0.05, 0.1) is 6.54 Å². The highest BCUT2D eigenvalue weighted by Gasteiger charge is 2.10. The minimum Gasteiger partial charge on any atom is -0.452 e. The highest BCUT2D eigenvalue weighted by atomic mass is 16.5. The van der Waals surface area contributed by atoms with Crippen LogP contribution in [0.4, 0.5) is 5.69 Å². The van der Waals surface area contributed by atoms with Gasteiger partial charge >= 0.3 is 5.97 Å². The topological polar surface area (TPSA) is 84.5 Å². The van der Waals surface area contributed by atoms with Crippen molar-refractivity contribution >= 4 is 23.5 Å². The van der Waals surface area contributed by atoms with Gasteiger partial charge in [0.2, 0.25) is 5.91 Å². The number of esters is 1. The van der Waals surface area contributed by atoms with E-state index >= 15 is 0 Å². The van der Waals surface area contributed by atoms with E-state index < -0.39 is 18.5 Å². The maximum Gasteiger partial charge on any atom is 0.330 e. The molecule has 0 radical (unpaired) electrons. The Morgan fingerprint density at radius 1 is 1.14 bits per heavy atom. The van der Waals surface area contributed by atoms with Crippen molar-refractivity contribution in [2.75, 3.05) is 18.5 Å². The van der Waals surface area contributed by atoms with Crippen LogP contribution in [0.3, 0.4) is 0 Å². The molecule has 2 amide bonds. The number of carbonyl (C=O) groups excluding carboxylic acids is 3. The van der Waals surface area contributed by atoms with Crippen molar-refractivity contribution in [3.8, 4) is 0 Å². The fourth-order valence-electron chi connectivity index (χ4n) is 1.75. The van der Waals surface area contributed by atoms with Crippen molar-refractivity contribution in [3.05, 3.63) is 41.5 Å². The molecule has 1 aromatic rings. The van der Waals surface area contributed by atoms with Gasteiger partial charge in [-0.25, -0.2) is 4.79 Å². The van der Waals surface area contributed by atoms with E-state index in [0.717, 1.165) is 16.8 Å². The molecular weight excluding hydrogens is 284 g/mol. The molecule has 0 atom stereocenters. The standard InChI is InChI=1S/C16H20N2O4/c1-4-6-15(21)22-10-14(20)17-9-13(19)18-16-11(2)7-5-8-12(16)3/h4-8H,9-10H2,1-3H3,(H,17,20)(H,18,19)/b6-4+. The summed E-state index contributed by atoms with van der Waals surface area (Å²) in [5.74, 6) is -1.47. The quantitative estimate of drug-likeness (QED) is 0.616. The minimum atomic E-state index is -0.599. The monoisotopic (exact) mass is 304 g/mol. The zero-order valence-corrected chi connectivity index (χ0v) is 12.9. The third kappa shape index (κ3) is 5.78. The van der Waals surface area contributed by atoms with Gasteiger partial charge in [-0.1, -0.05) is 24.3 Å². The summed E-state index contributed by atoms with van der Waals surface area (Å²) < 4.78 is 4.66. The van der Waals surface area contributed by atoms with Gasteiger partial charge in [-0.15, -0.1) is 0 Å². The predicted molar refractivity (Wildman–Crippen MR) is 83.3 cm³/mol. The molecule has 0 aromatic heterocycles. The second kappa shape index (κ2) is 8.61. The minimum absolute atomic E-state index is 0.187. The molecule has 0 aliphatic heterocycles. The number of rotatable bonds is 6. The van der Waals surface area contributed by atoms with Crippen LogP contribution < -0.4 is 10.6 Å². The summed E-state index contributed by atoms with van der Waals surface area (Å²) in [5.41, 5.74) is 2.63. The summed E-state index contributed by atoms with van der Waals surface area (Å²) in [7, 11) is 0. The number of para-hydroxylation sites is 1. The van der Waals surface area contributed by atoms with Crippen LogP contribution in [-0.4, -0.2) is 30.9 Å². The molecule has 0 heterocycles. The first kappa shape index (κ1) is 17.4. The first-order chi connectivity index (χ1) is 10.4. The first-order valence-corrected chi connectivity index (χ1v) is 6.86. The average molecular weight is 304 g/mol. The lowest BCUT2D eigenvalue weighted by molar-refractivity contribution is -0.143. The number of carbonyl (C=O) groups is 3. The molecule has 22 heavy (non-hydrogen) atoms. The molecule has 0 fully saturated rings. The summed E-state index contributed by atoms with van der Waals surface area (Å²) in [6.45, 7) is 4.84. The summed E-state index contributed by atoms with van der Waals surface area (Å²) in [5, 5.41) is 5.13. The second-order valence-electron chi connectivity index (χ2n) is 4.70. The molecule has 0 aliphatic rings. The Hall–Kier alpha value is -2.63. The van der Waals surface area contributed by atoms with Gasteiger partial charge in [0.1, 0.15) is 0 Å². The Morgan fingerprint density at radius 3 is 2.36 bits per heavy atom. The Morgan fingerprint density at radius 2 is 1.77 bits per heavy atom. The lowest BCUT2D eigenvalue weighted by Gasteiger charge is -2.11. The number of nitrogens with one attached hydrogen (secondary N) is 2. The van der Waals surface area contributed by atoms with Gasteiger partial charge in [0.25, 0.3) is 5.91 Å². The fourth-order valence-corrected chi connectivity index (χ4v) is 1.75. The van der Waals surface area contributed by atoms with Gasteiger partial charge < -0.3 is 15.4 Å². The molecule has 0 saturated heterocycles. The van der Waals surface area contributed by atoms with Crippen LogP contribution in [0.5, 0.6) is 0 Å². The van der Waals surface area contributed by atoms with Crippen molar-refractivity contribution in [1.82, 2.24) is 5.32 Å². The molecule has 6 heteroatoms. The van der Waals surface area contributed by atoms with Gasteiger partial charge in [-0.05, 0) is 31.9 Å². The van der Waals surface area contributed by atoms with Gasteiger partial charge in [0, 0.05) is 11.8 Å². The van der Waals surface area contributed by atoms with E-state index in [4.69, 9.17) is 0 Å². The second-order valence-corrected chi connectivity index (χ2v) is 4.70. The molecule has 0 aliphatic carbocycles. The van der Waals surface area contributed by atoms with Crippen LogP contribution in [0.15, 0.2) is 30.4 Å². The number of hydrogen-bond acceptors (Lipinski definition) is 4. The number of aryl methyl sites for hydroxylation is 2. The SMILES string of the molecule is C/C=C/C(=O)OCC(=O)NCC(=O)Nc1c(C)cccc1C. The maximum absolute atomic E-state index is 11.8. The van der Waals surface area contributed by atoms with E-state index in [9.17, 15) is 14.4 Å². The number of amides is 2. The van der Waals surface area contributed by atoms with E-state index in [1.54, 1.807) is 6.92 Å². The molecule has 1 rings (SSSR count). The zero-order chi connectivity index (χ0) is 16.5. The van der Waals surface area contributed by atoms with Gasteiger partial charge in [-0.2, -0.15) is 0 Å². The third-order valence-corrected chi connectivity index (χ3v) is 2.84. The van der Waals surface area contributed by atoms with Crippen LogP contribution in [0, 0.1) is 13.8 Å². The number of ether oxygens (including phenoxy) is 1. The van der Waals surface area contributed by atoms with Crippen LogP contribution in [-0.2, 0) is 19.1 Å². The van der Waals surface area contributed by atoms with E-state index in [1.165, 1.54) is 12.2 Å². The molecular formula is C16H20N2O4. The molecule has 6 nitrogen and oxygen atoms in total. The van der Waals surface area contributed by atoms with Crippen LogP contribution in [0.25, 0.3) is 0 Å². The van der Waals surface area contributed by atoms with Crippen molar-refractivity contribution < 1.29 is 19.1 Å². The summed E-state index contributed by atoms with van der Waals surface area (Å²) in [6, 6.07) is 5.69. The number of hydrogen-bond donors (Lipinski definition) is 2. The van der Waals surface area contributed by atoms with Gasteiger partial charge in [-0.3, -0.25) is 9.59 Å². The largest absolute Gasteiger partial charge is 0.452 e. The van der Waals surface area contributed by atoms with Gasteiger partial charge in [0.15, 0.2) is 6.61 Å². The molecule has 0 unspecified atom stereocenters. The number of anilines is 1. The predicted octanol–water partition coefficient (Wildman–Crippen LogP) is 1.48. The first-order valence-electron chi connectivity index (χ1n) is 6.86. The van der Waals surface area contributed by atoms with Crippen molar-refractivity contribution in [2.45, 2.75) is 20.8 Å². The van der Waals surface area contributed by atoms with E-state index in [0.29, 0.717) is 0 Å². The Balaban J connectivity index is 2.40. The van der Waals surface area contributed by atoms with Crippen molar-refractivity contribution in [1.29, 1.82) is 0 Å². The summed E-state index contributed by atoms with van der Waals surface area (Å²) in [4.78, 5) is 34.3. The smallest absolute Gasteiger partial charge is 0.330 e. The average Bonchev–Trinajstić information content (AvgIpc) is 2.47. The van der Waals surface area contributed by atoms with E-state index in [2.05, 4.69) is 15.4 Å².